The van der Waals surface area contributed by atoms with Crippen LogP contribution in [0.2, 0.25) is 0 Å². The molecular weight excluding hydrogens is 1850 g/mol. The van der Waals surface area contributed by atoms with E-state index in [0.29, 0.717) is 180 Å². The van der Waals surface area contributed by atoms with Crippen molar-refractivity contribution < 1.29 is 63.2 Å². The number of carbonyl (C=O) groups is 9. The van der Waals surface area contributed by atoms with Crippen molar-refractivity contribution in [1.82, 2.24) is 58.7 Å². The number of unbranched alkanes of at least 4 members (excludes halogenated alkanes) is 6. The van der Waals surface area contributed by atoms with Crippen molar-refractivity contribution in [2.45, 2.75) is 203 Å². The van der Waals surface area contributed by atoms with Crippen LogP contribution in [0, 0.1) is 39.0 Å². The monoisotopic (exact) mass is 1980 g/mol. The van der Waals surface area contributed by atoms with Crippen LogP contribution in [-0.2, 0) is 38.9 Å². The van der Waals surface area contributed by atoms with Gasteiger partial charge in [-0.25, -0.2) is 28.4 Å². The number of urea groups is 3. The Hall–Kier alpha value is -15.1. The molecule has 4 aromatic heterocycles. The van der Waals surface area contributed by atoms with Gasteiger partial charge in [-0.05, 0) is 257 Å². The van der Waals surface area contributed by atoms with Gasteiger partial charge in [0, 0.05) is 104 Å². The number of aryl methyl sites for hydroxylation is 4. The van der Waals surface area contributed by atoms with E-state index in [2.05, 4.69) is 73.4 Å². The first-order chi connectivity index (χ1) is 70.2. The van der Waals surface area contributed by atoms with E-state index < -0.39 is 36.2 Å². The molecule has 12 aromatic rings. The zero-order chi connectivity index (χ0) is 103. The molecule has 760 valence electrons. The van der Waals surface area contributed by atoms with Crippen LogP contribution in [-0.4, -0.2) is 212 Å². The second-order valence-electron chi connectivity index (χ2n) is 36.8. The highest BCUT2D eigenvalue weighted by Crippen LogP contribution is 2.36. The number of aromatic nitrogens is 6. The van der Waals surface area contributed by atoms with Crippen molar-refractivity contribution >= 4 is 98.3 Å². The maximum absolute atomic E-state index is 14.6. The van der Waals surface area contributed by atoms with E-state index in [-0.39, 0.29) is 66.4 Å². The SMILES string of the molecule is CCCCN(CCCC)C(=O)c1cc(C)n(-c2ccc(NC(=O)Nc3ccc(C#N)cc3)cc2C(=O)N2Cc3ccccc3C[C@H]2CO)n1.CCCCN(CCCC)C(=O)c1cc(C)n(-c2ccc(NC(=O)Nc3ccc(OC)cc3C)cc2C(=O)N2Cc3ccccc3C[C@H]2CO)n1.CCCCN(CCCC)C(=O)c1cc(C)n(-c2ccc(NC(=O)Nc3cccs3)cc2C(=O)N2Cc3ccccc3C[C@H]2CO)n1. The van der Waals surface area contributed by atoms with Crippen molar-refractivity contribution in [3.63, 3.8) is 0 Å². The standard InChI is InChI=1S/C39H48N6O5.C38H43N7O4.C35H42N6O4S/c1-6-8-18-43(19-9-7-2)38(48)35-21-27(4)45(42-35)36-17-14-30(40-39(49)41-34-16-15-32(50-5)20-26(34)3)23-33(36)37(47)44-24-29-13-11-10-12-28(29)22-31(44)25-46;1-4-6-18-43(19-7-5-2)37(48)34-20-26(3)45(42-34)35-17-16-31(41-38(49)40-30-14-12-27(23-39)13-15-30)22-33(35)36(47)44-24-29-11-9-8-10-28(29)21-32(44)25-46;1-4-6-16-39(17-7-5-2)34(44)30-19-24(3)41(38-30)31-15-14-27(36-35(45)37-32-13-10-18-46-32)21-29(31)33(43)40-22-26-12-9-8-11-25(26)20-28(40)23-42/h10-17,20-21,23,31,46H,6-9,18-19,22,24-25H2,1-5H3,(H2,40,41,49);8-17,20,22,32,46H,4-7,18-19,21,24-25H2,1-3H3,(H2,40,41,49);8-15,18-19,21,28,42H,4-7,16-17,20,22-23H2,1-3H3,(H2,36,37,45)/t31-;32-;28-/m000/s1. The predicted octanol–water partition coefficient (Wildman–Crippen LogP) is 19.5. The van der Waals surface area contributed by atoms with Crippen molar-refractivity contribution in [3.8, 4) is 28.9 Å². The van der Waals surface area contributed by atoms with Gasteiger partial charge in [0.1, 0.15) is 5.75 Å². The van der Waals surface area contributed by atoms with E-state index >= 15 is 0 Å². The largest absolute Gasteiger partial charge is 0.497 e. The van der Waals surface area contributed by atoms with Crippen LogP contribution in [0.1, 0.15) is 243 Å². The summed E-state index contributed by atoms with van der Waals surface area (Å²) in [4.78, 5) is 134. The summed E-state index contributed by atoms with van der Waals surface area (Å²) < 4.78 is 10.1. The number of methoxy groups -OCH3 is 1. The smallest absolute Gasteiger partial charge is 0.324 e. The first-order valence-corrected chi connectivity index (χ1v) is 51.0. The zero-order valence-corrected chi connectivity index (χ0v) is 85.4. The van der Waals surface area contributed by atoms with Crippen LogP contribution in [0.4, 0.5) is 47.8 Å². The molecule has 8 aromatic carbocycles. The van der Waals surface area contributed by atoms with Crippen LogP contribution in [0.3, 0.4) is 0 Å². The van der Waals surface area contributed by atoms with Gasteiger partial charge in [0.15, 0.2) is 17.1 Å². The van der Waals surface area contributed by atoms with Gasteiger partial charge >= 0.3 is 18.1 Å². The van der Waals surface area contributed by atoms with Gasteiger partial charge in [-0.3, -0.25) is 34.1 Å². The average Bonchev–Trinajstić information content (AvgIpc) is 1.68. The maximum Gasteiger partial charge on any atom is 0.324 e. The molecule has 32 nitrogen and oxygen atoms in total. The molecule has 0 unspecified atom stereocenters. The van der Waals surface area contributed by atoms with E-state index in [4.69, 9.17) is 25.3 Å². The number of fused-ring (bicyclic) bond motifs is 3. The third kappa shape index (κ3) is 27.1. The van der Waals surface area contributed by atoms with Gasteiger partial charge in [-0.2, -0.15) is 20.6 Å². The molecule has 12 amide bonds. The Morgan fingerprint density at radius 3 is 1.01 bits per heavy atom. The number of nitriles is 1. The number of aliphatic hydroxyl groups is 3. The molecule has 3 aliphatic rings. The number of rotatable bonds is 37. The molecule has 0 saturated carbocycles. The Morgan fingerprint density at radius 2 is 0.703 bits per heavy atom. The Labute approximate surface area is 851 Å². The number of hydrogen-bond acceptors (Lipinski definition) is 18. The summed E-state index contributed by atoms with van der Waals surface area (Å²) >= 11 is 1.40. The number of nitrogens with one attached hydrogen (secondary N) is 6. The molecule has 145 heavy (non-hydrogen) atoms. The van der Waals surface area contributed by atoms with Crippen molar-refractivity contribution in [2.24, 2.45) is 0 Å². The highest BCUT2D eigenvalue weighted by Gasteiger charge is 2.38. The Morgan fingerprint density at radius 1 is 0.386 bits per heavy atom. The fourth-order valence-corrected chi connectivity index (χ4v) is 18.7. The minimum absolute atomic E-state index is 0.131. The Bertz CT molecular complexity index is 6560. The van der Waals surface area contributed by atoms with Gasteiger partial charge in [0.05, 0.1) is 95.4 Å². The van der Waals surface area contributed by atoms with Crippen molar-refractivity contribution in [2.75, 3.05) is 98.1 Å². The van der Waals surface area contributed by atoms with E-state index in [1.165, 1.54) is 11.3 Å². The maximum atomic E-state index is 14.6. The summed E-state index contributed by atoms with van der Waals surface area (Å²) in [5, 5.41) is 73.8. The van der Waals surface area contributed by atoms with Crippen molar-refractivity contribution in [1.29, 1.82) is 5.26 Å². The first kappa shape index (κ1) is 107. The highest BCUT2D eigenvalue weighted by atomic mass is 32.1. The summed E-state index contributed by atoms with van der Waals surface area (Å²) in [6, 6.07) is 58.9. The molecule has 0 spiro atoms. The van der Waals surface area contributed by atoms with E-state index in [9.17, 15) is 58.5 Å². The second kappa shape index (κ2) is 51.7. The van der Waals surface area contributed by atoms with Gasteiger partial charge in [-0.15, -0.1) is 11.3 Å². The molecule has 0 saturated heterocycles. The molecule has 15 rings (SSSR count). The highest BCUT2D eigenvalue weighted by molar-refractivity contribution is 7.14. The van der Waals surface area contributed by atoms with E-state index in [1.54, 1.807) is 151 Å². The van der Waals surface area contributed by atoms with E-state index in [0.717, 1.165) is 116 Å². The first-order valence-electron chi connectivity index (χ1n) is 50.1. The lowest BCUT2D eigenvalue weighted by Crippen LogP contribution is -2.46. The number of benzene rings is 8. The minimum Gasteiger partial charge on any atom is -0.497 e. The number of carbonyl (C=O) groups excluding carboxylic acids is 9. The van der Waals surface area contributed by atoms with E-state index in [1.807, 2.05) is 139 Å². The number of ether oxygens (including phenoxy) is 1. The van der Waals surface area contributed by atoms with Crippen molar-refractivity contribution in [3.05, 3.63) is 301 Å². The summed E-state index contributed by atoms with van der Waals surface area (Å²) in [6.45, 7) is 24.3. The van der Waals surface area contributed by atoms with Crippen LogP contribution < -0.4 is 36.6 Å². The summed E-state index contributed by atoms with van der Waals surface area (Å²) in [7, 11) is 1.59. The number of aliphatic hydroxyl groups excluding tert-OH is 3. The predicted molar refractivity (Wildman–Crippen MR) is 566 cm³/mol. The fraction of sp³-hybridized carbons (Fsp3) is 0.366. The number of amides is 12. The fourth-order valence-electron chi connectivity index (χ4n) is 18.1. The van der Waals surface area contributed by atoms with Gasteiger partial charge < -0.3 is 76.0 Å². The van der Waals surface area contributed by atoms with Crippen LogP contribution in [0.25, 0.3) is 17.1 Å². The van der Waals surface area contributed by atoms with Crippen LogP contribution in [0.15, 0.2) is 206 Å². The Balaban J connectivity index is 0.000000182. The molecule has 0 aliphatic carbocycles. The lowest BCUT2D eigenvalue weighted by molar-refractivity contribution is 0.0539. The topological polar surface area (TPSA) is 392 Å². The lowest BCUT2D eigenvalue weighted by atomic mass is 9.93. The minimum atomic E-state index is -0.529. The molecular formula is C112H133N19O13S. The molecule has 3 aliphatic heterocycles. The van der Waals surface area contributed by atoms with Crippen LogP contribution in [0.5, 0.6) is 5.75 Å². The number of hydrogen-bond donors (Lipinski definition) is 9. The number of thiophene rings is 1. The third-order valence-electron chi connectivity index (χ3n) is 26.2. The van der Waals surface area contributed by atoms with Gasteiger partial charge in [-0.1, -0.05) is 153 Å². The molecule has 9 N–H and O–H groups in total. The summed E-state index contributed by atoms with van der Waals surface area (Å²) in [5.41, 5.74) is 15.1. The molecule has 33 heteroatoms. The third-order valence-corrected chi connectivity index (χ3v) is 27.0. The molecule has 0 bridgehead atoms. The molecule has 0 fully saturated rings. The molecule has 3 atom stereocenters. The van der Waals surface area contributed by atoms with Gasteiger partial charge in [0.25, 0.3) is 35.4 Å². The number of anilines is 6. The zero-order valence-electron chi connectivity index (χ0n) is 84.6. The molecule has 0 radical (unpaired) electrons. The number of nitrogens with zero attached hydrogens (tertiary/aromatic N) is 13. The lowest BCUT2D eigenvalue weighted by Gasteiger charge is -2.36. The average molecular weight is 1990 g/mol. The van der Waals surface area contributed by atoms with Crippen LogP contribution >= 0.6 is 11.3 Å². The normalized spacial score (nSPS) is 13.9. The Kier molecular flexibility index (Phi) is 38.2. The summed E-state index contributed by atoms with van der Waals surface area (Å²) in [5.74, 6) is -0.703. The summed E-state index contributed by atoms with van der Waals surface area (Å²) in [6.07, 6.45) is 12.8. The van der Waals surface area contributed by atoms with Gasteiger partial charge in [0.2, 0.25) is 0 Å². The second-order valence-corrected chi connectivity index (χ2v) is 37.7. The molecule has 7 heterocycles. The quantitative estimate of drug-likeness (QED) is 0.0175.